The van der Waals surface area contributed by atoms with Crippen molar-refractivity contribution in [3.05, 3.63) is 11.6 Å². The van der Waals surface area contributed by atoms with Gasteiger partial charge in [-0.1, -0.05) is 73.5 Å². The Morgan fingerprint density at radius 1 is 0.681 bits per heavy atom. The number of aliphatic hydroxyl groups is 9. The van der Waals surface area contributed by atoms with Crippen LogP contribution in [0.4, 0.5) is 0 Å². The van der Waals surface area contributed by atoms with Crippen LogP contribution in [0.25, 0.3) is 0 Å². The number of allylic oxidation sites excluding steroid dienone is 2. The minimum Gasteiger partial charge on any atom is -0.464 e. The lowest BCUT2D eigenvalue weighted by Crippen LogP contribution is -2.66. The van der Waals surface area contributed by atoms with Crippen molar-refractivity contribution in [1.29, 1.82) is 0 Å². The molecule has 0 aromatic rings. The second-order valence-electron chi connectivity index (χ2n) is 24.2. The highest BCUT2D eigenvalue weighted by atomic mass is 16.8. The molecule has 22 atom stereocenters. The topological polar surface area (TPSA) is 281 Å². The molecule has 0 bridgehead atoms. The van der Waals surface area contributed by atoms with Crippen molar-refractivity contribution in [3.8, 4) is 0 Å². The van der Waals surface area contributed by atoms with Crippen molar-refractivity contribution in [3.63, 3.8) is 0 Å². The maximum atomic E-state index is 14.7. The van der Waals surface area contributed by atoms with Gasteiger partial charge in [0.25, 0.3) is 0 Å². The van der Waals surface area contributed by atoms with Gasteiger partial charge < -0.3 is 79.1 Å². The van der Waals surface area contributed by atoms with E-state index in [1.165, 1.54) is 5.57 Å². The SMILES string of the molecule is CCCCOC(=O)C1OC(OC2CCC3(C)C(CCC4(C)C3CC=C3C5CC(C)(C)CCC5(C(=O)OC5OC(CO)C(O)C(O)C5O)CCC34C)C2(C)C)C(O)C(O)C1OC1OC(CO)C(O)C1O. The van der Waals surface area contributed by atoms with Gasteiger partial charge in [-0.2, -0.15) is 0 Å². The lowest BCUT2D eigenvalue weighted by molar-refractivity contribution is -0.342. The lowest BCUT2D eigenvalue weighted by atomic mass is 9.33. The number of unbranched alkanes of at least 4 members (excludes halogenated alkanes) is 1. The molecule has 3 aliphatic heterocycles. The Bertz CT molecular complexity index is 1890. The molecule has 3 heterocycles. The molecule has 8 rings (SSSR count). The van der Waals surface area contributed by atoms with Gasteiger partial charge in [0, 0.05) is 0 Å². The minimum atomic E-state index is -1.76. The molecule has 7 fully saturated rings. The fourth-order valence-electron chi connectivity index (χ4n) is 15.2. The normalized spacial score (nSPS) is 50.1. The Labute approximate surface area is 406 Å². The quantitative estimate of drug-likeness (QED) is 0.0586. The van der Waals surface area contributed by atoms with Gasteiger partial charge >= 0.3 is 11.9 Å². The predicted octanol–water partition coefficient (Wildman–Crippen LogP) is 2.13. The summed E-state index contributed by atoms with van der Waals surface area (Å²) in [4.78, 5) is 28.3. The number of fused-ring (bicyclic) bond motifs is 7. The largest absolute Gasteiger partial charge is 0.464 e. The van der Waals surface area contributed by atoms with Crippen LogP contribution in [0, 0.1) is 50.2 Å². The number of carbonyl (C=O) groups excluding carboxylic acids is 2. The molecule has 0 amide bonds. The van der Waals surface area contributed by atoms with Crippen LogP contribution < -0.4 is 0 Å². The van der Waals surface area contributed by atoms with E-state index in [0.717, 1.165) is 51.4 Å². The molecule has 9 N–H and O–H groups in total. The van der Waals surface area contributed by atoms with Crippen molar-refractivity contribution in [1.82, 2.24) is 0 Å². The number of ether oxygens (including phenoxy) is 7. The van der Waals surface area contributed by atoms with E-state index >= 15 is 0 Å². The molecule has 3 saturated heterocycles. The van der Waals surface area contributed by atoms with Gasteiger partial charge in [0.1, 0.15) is 61.0 Å². The Morgan fingerprint density at radius 2 is 1.29 bits per heavy atom. The van der Waals surface area contributed by atoms with E-state index in [0.29, 0.717) is 25.7 Å². The Hall–Kier alpha value is -1.88. The third kappa shape index (κ3) is 8.76. The summed E-state index contributed by atoms with van der Waals surface area (Å²) in [7, 11) is 0. The third-order valence-electron chi connectivity index (χ3n) is 19.7. The summed E-state index contributed by atoms with van der Waals surface area (Å²) in [6.45, 7) is 16.9. The summed E-state index contributed by atoms with van der Waals surface area (Å²) in [6, 6.07) is 0. The van der Waals surface area contributed by atoms with Crippen molar-refractivity contribution >= 4 is 11.9 Å². The lowest BCUT2D eigenvalue weighted by Gasteiger charge is -2.71. The van der Waals surface area contributed by atoms with Crippen LogP contribution in [0.3, 0.4) is 0 Å². The van der Waals surface area contributed by atoms with Gasteiger partial charge in [-0.25, -0.2) is 4.79 Å². The summed E-state index contributed by atoms with van der Waals surface area (Å²) in [5, 5.41) is 95.5. The summed E-state index contributed by atoms with van der Waals surface area (Å²) < 4.78 is 41.5. The zero-order valence-electron chi connectivity index (χ0n) is 41.8. The van der Waals surface area contributed by atoms with Crippen molar-refractivity contribution in [2.75, 3.05) is 19.8 Å². The van der Waals surface area contributed by atoms with E-state index < -0.39 is 128 Å². The summed E-state index contributed by atoms with van der Waals surface area (Å²) in [5.74, 6) is -1.07. The Balaban J connectivity index is 1.02. The molecule has 0 radical (unpaired) electrons. The zero-order valence-corrected chi connectivity index (χ0v) is 41.8. The zero-order chi connectivity index (χ0) is 50.4. The molecule has 0 aromatic carbocycles. The second-order valence-corrected chi connectivity index (χ2v) is 24.2. The number of hydrogen-bond donors (Lipinski definition) is 9. The fraction of sp³-hybridized carbons (Fsp3) is 0.922. The molecule has 0 aromatic heterocycles. The smallest absolute Gasteiger partial charge is 0.338 e. The van der Waals surface area contributed by atoms with Gasteiger partial charge in [0.05, 0.1) is 31.3 Å². The maximum absolute atomic E-state index is 14.7. The number of aliphatic hydroxyl groups excluding tert-OH is 9. The van der Waals surface area contributed by atoms with Gasteiger partial charge in [-0.15, -0.1) is 0 Å². The van der Waals surface area contributed by atoms with Crippen LogP contribution in [-0.2, 0) is 42.7 Å². The first kappa shape index (κ1) is 53.4. The molecule has 5 aliphatic carbocycles. The molecule has 18 nitrogen and oxygen atoms in total. The van der Waals surface area contributed by atoms with Crippen molar-refractivity contribution in [2.24, 2.45) is 50.2 Å². The first-order valence-electron chi connectivity index (χ1n) is 25.7. The average Bonchev–Trinajstić information content (AvgIpc) is 3.57. The Morgan fingerprint density at radius 3 is 1.96 bits per heavy atom. The second kappa shape index (κ2) is 19.4. The first-order valence-corrected chi connectivity index (χ1v) is 25.7. The Kier molecular flexibility index (Phi) is 15.0. The molecule has 4 saturated carbocycles. The number of hydrogen-bond acceptors (Lipinski definition) is 18. The van der Waals surface area contributed by atoms with Crippen LogP contribution in [0.2, 0.25) is 0 Å². The highest BCUT2D eigenvalue weighted by Gasteiger charge is 2.70. The van der Waals surface area contributed by atoms with E-state index in [1.807, 2.05) is 6.92 Å². The van der Waals surface area contributed by atoms with E-state index in [2.05, 4.69) is 54.5 Å². The van der Waals surface area contributed by atoms with E-state index in [4.69, 9.17) is 33.2 Å². The van der Waals surface area contributed by atoms with Crippen LogP contribution in [0.15, 0.2) is 11.6 Å². The maximum Gasteiger partial charge on any atom is 0.338 e. The molecular weight excluding hydrogens is 901 g/mol. The third-order valence-corrected chi connectivity index (χ3v) is 19.7. The van der Waals surface area contributed by atoms with Gasteiger partial charge in [-0.3, -0.25) is 4.79 Å². The molecule has 22 unspecified atom stereocenters. The fourth-order valence-corrected chi connectivity index (χ4v) is 15.2. The first-order chi connectivity index (χ1) is 32.4. The minimum absolute atomic E-state index is 0.0597. The van der Waals surface area contributed by atoms with Gasteiger partial charge in [0.15, 0.2) is 18.7 Å². The van der Waals surface area contributed by atoms with Gasteiger partial charge in [0.2, 0.25) is 6.29 Å². The highest BCUT2D eigenvalue weighted by Crippen LogP contribution is 2.76. The number of rotatable bonds is 12. The van der Waals surface area contributed by atoms with Crippen molar-refractivity contribution in [2.45, 2.75) is 225 Å². The average molecular weight is 983 g/mol. The van der Waals surface area contributed by atoms with Crippen LogP contribution >= 0.6 is 0 Å². The molecular formula is C51H82O18. The van der Waals surface area contributed by atoms with Crippen LogP contribution in [-0.4, -0.2) is 170 Å². The van der Waals surface area contributed by atoms with E-state index in [-0.39, 0.29) is 46.0 Å². The number of carbonyl (C=O) groups is 2. The molecule has 394 valence electrons. The van der Waals surface area contributed by atoms with Crippen LogP contribution in [0.1, 0.15) is 132 Å². The van der Waals surface area contributed by atoms with Gasteiger partial charge in [-0.05, 0) is 115 Å². The van der Waals surface area contributed by atoms with E-state index in [9.17, 15) is 55.5 Å². The molecule has 0 spiro atoms. The summed E-state index contributed by atoms with van der Waals surface area (Å²) in [6.07, 6.45) is -10.9. The van der Waals surface area contributed by atoms with E-state index in [1.54, 1.807) is 0 Å². The van der Waals surface area contributed by atoms with Crippen molar-refractivity contribution < 1.29 is 88.7 Å². The van der Waals surface area contributed by atoms with Crippen LogP contribution in [0.5, 0.6) is 0 Å². The number of esters is 2. The predicted molar refractivity (Wildman–Crippen MR) is 243 cm³/mol. The standard InChI is InChI=1S/C51H82O18/c1-9-10-21-63-41(61)40-39(67-42-36(58)33(55)28(24-53)64-42)35(57)38(60)44(68-40)66-31-14-15-48(6)29(47(31,4)5)13-16-50(8)30(48)12-11-25-26-22-46(2,3)17-19-51(26,20-18-49(25,50)7)45(62)69-43-37(59)34(56)32(54)27(23-52)65-43/h11,26-40,42-44,52-60H,9-10,12-24H2,1-8H3. The highest BCUT2D eigenvalue weighted by molar-refractivity contribution is 5.79. The monoisotopic (exact) mass is 983 g/mol. The summed E-state index contributed by atoms with van der Waals surface area (Å²) >= 11 is 0. The molecule has 18 heteroatoms. The summed E-state index contributed by atoms with van der Waals surface area (Å²) in [5.41, 5.74) is -0.714. The molecule has 69 heavy (non-hydrogen) atoms. The molecule has 8 aliphatic rings.